The molecule has 0 saturated heterocycles. The monoisotopic (exact) mass is 191 g/mol. The predicted molar refractivity (Wildman–Crippen MR) is 59.5 cm³/mol. The molecule has 0 aliphatic carbocycles. The topological polar surface area (TPSA) is 21.3 Å². The van der Waals surface area contributed by atoms with Crippen molar-refractivity contribution >= 4 is 0 Å². The van der Waals surface area contributed by atoms with E-state index in [1.165, 1.54) is 5.56 Å². The summed E-state index contributed by atoms with van der Waals surface area (Å²) in [7, 11) is 1.68. The second-order valence-corrected chi connectivity index (χ2v) is 3.11. The van der Waals surface area contributed by atoms with Crippen LogP contribution in [0.4, 0.5) is 0 Å². The SMILES string of the molecule is C=CCCNCc1cccc(OC)c1. The van der Waals surface area contributed by atoms with E-state index in [-0.39, 0.29) is 0 Å². The second-order valence-electron chi connectivity index (χ2n) is 3.11. The van der Waals surface area contributed by atoms with E-state index in [2.05, 4.69) is 18.0 Å². The first-order chi connectivity index (χ1) is 6.86. The van der Waals surface area contributed by atoms with E-state index < -0.39 is 0 Å². The Kier molecular flexibility index (Phi) is 4.79. The number of ether oxygens (including phenoxy) is 1. The lowest BCUT2D eigenvalue weighted by Gasteiger charge is -2.05. The van der Waals surface area contributed by atoms with Gasteiger partial charge in [-0.2, -0.15) is 0 Å². The van der Waals surface area contributed by atoms with Gasteiger partial charge in [-0.05, 0) is 30.7 Å². The smallest absolute Gasteiger partial charge is 0.119 e. The van der Waals surface area contributed by atoms with Crippen molar-refractivity contribution in [1.82, 2.24) is 5.32 Å². The van der Waals surface area contributed by atoms with Gasteiger partial charge in [0.05, 0.1) is 7.11 Å². The van der Waals surface area contributed by atoms with E-state index in [9.17, 15) is 0 Å². The fraction of sp³-hybridized carbons (Fsp3) is 0.333. The summed E-state index contributed by atoms with van der Waals surface area (Å²) in [6.45, 7) is 5.53. The molecule has 0 atom stereocenters. The van der Waals surface area contributed by atoms with Gasteiger partial charge in [0.2, 0.25) is 0 Å². The summed E-state index contributed by atoms with van der Waals surface area (Å²) in [5, 5.41) is 3.33. The third-order valence-corrected chi connectivity index (χ3v) is 1.99. The zero-order valence-electron chi connectivity index (χ0n) is 8.62. The highest BCUT2D eigenvalue weighted by Crippen LogP contribution is 2.11. The van der Waals surface area contributed by atoms with Crippen molar-refractivity contribution in [2.24, 2.45) is 0 Å². The third-order valence-electron chi connectivity index (χ3n) is 1.99. The van der Waals surface area contributed by atoms with E-state index in [1.54, 1.807) is 7.11 Å². The van der Waals surface area contributed by atoms with Gasteiger partial charge in [0.25, 0.3) is 0 Å². The number of benzene rings is 1. The van der Waals surface area contributed by atoms with Crippen LogP contribution in [-0.2, 0) is 6.54 Å². The standard InChI is InChI=1S/C12H17NO/c1-3-4-8-13-10-11-6-5-7-12(9-11)14-2/h3,5-7,9,13H,1,4,8,10H2,2H3. The molecule has 1 aromatic rings. The van der Waals surface area contributed by atoms with Crippen LogP contribution in [-0.4, -0.2) is 13.7 Å². The molecule has 1 rings (SSSR count). The zero-order chi connectivity index (χ0) is 10.2. The molecule has 0 saturated carbocycles. The molecule has 0 aliphatic rings. The molecule has 1 N–H and O–H groups in total. The van der Waals surface area contributed by atoms with E-state index in [0.29, 0.717) is 0 Å². The van der Waals surface area contributed by atoms with E-state index in [0.717, 1.165) is 25.3 Å². The summed E-state index contributed by atoms with van der Waals surface area (Å²) in [6, 6.07) is 8.08. The first-order valence-electron chi connectivity index (χ1n) is 4.81. The van der Waals surface area contributed by atoms with Crippen LogP contribution < -0.4 is 10.1 Å². The Labute approximate surface area is 85.6 Å². The molecule has 1 aromatic carbocycles. The molecule has 14 heavy (non-hydrogen) atoms. The van der Waals surface area contributed by atoms with Crippen molar-refractivity contribution in [3.8, 4) is 5.75 Å². The average molecular weight is 191 g/mol. The molecular weight excluding hydrogens is 174 g/mol. The number of nitrogens with one attached hydrogen (secondary N) is 1. The predicted octanol–water partition coefficient (Wildman–Crippen LogP) is 2.36. The van der Waals surface area contributed by atoms with Crippen molar-refractivity contribution < 1.29 is 4.74 Å². The Morgan fingerprint density at radius 3 is 3.07 bits per heavy atom. The van der Waals surface area contributed by atoms with Crippen LogP contribution >= 0.6 is 0 Å². The van der Waals surface area contributed by atoms with Crippen LogP contribution in [0.15, 0.2) is 36.9 Å². The average Bonchev–Trinajstić information content (AvgIpc) is 2.25. The van der Waals surface area contributed by atoms with E-state index >= 15 is 0 Å². The van der Waals surface area contributed by atoms with Gasteiger partial charge < -0.3 is 10.1 Å². The van der Waals surface area contributed by atoms with Crippen molar-refractivity contribution in [3.63, 3.8) is 0 Å². The molecule has 0 fully saturated rings. The Morgan fingerprint density at radius 2 is 2.36 bits per heavy atom. The van der Waals surface area contributed by atoms with Crippen LogP contribution in [0.5, 0.6) is 5.75 Å². The van der Waals surface area contributed by atoms with Gasteiger partial charge in [0, 0.05) is 6.54 Å². The van der Waals surface area contributed by atoms with Crippen molar-refractivity contribution in [2.75, 3.05) is 13.7 Å². The molecule has 0 aliphatic heterocycles. The minimum absolute atomic E-state index is 0.880. The van der Waals surface area contributed by atoms with Gasteiger partial charge in [-0.15, -0.1) is 6.58 Å². The minimum atomic E-state index is 0.880. The number of hydrogen-bond acceptors (Lipinski definition) is 2. The molecule has 0 aromatic heterocycles. The number of rotatable bonds is 6. The van der Waals surface area contributed by atoms with Crippen LogP contribution in [0.2, 0.25) is 0 Å². The Bertz CT molecular complexity index is 283. The van der Waals surface area contributed by atoms with Crippen molar-refractivity contribution in [3.05, 3.63) is 42.5 Å². The van der Waals surface area contributed by atoms with E-state index in [4.69, 9.17) is 4.74 Å². The third kappa shape index (κ3) is 3.62. The van der Waals surface area contributed by atoms with Crippen LogP contribution in [0.3, 0.4) is 0 Å². The zero-order valence-corrected chi connectivity index (χ0v) is 8.62. The fourth-order valence-electron chi connectivity index (χ4n) is 1.22. The molecule has 0 spiro atoms. The lowest BCUT2D eigenvalue weighted by atomic mass is 10.2. The summed E-state index contributed by atoms with van der Waals surface area (Å²) in [5.41, 5.74) is 1.24. The molecule has 76 valence electrons. The van der Waals surface area contributed by atoms with Crippen molar-refractivity contribution in [1.29, 1.82) is 0 Å². The van der Waals surface area contributed by atoms with Crippen LogP contribution in [0.1, 0.15) is 12.0 Å². The summed E-state index contributed by atoms with van der Waals surface area (Å²) in [4.78, 5) is 0. The van der Waals surface area contributed by atoms with Crippen LogP contribution in [0, 0.1) is 0 Å². The maximum Gasteiger partial charge on any atom is 0.119 e. The Balaban J connectivity index is 2.38. The summed E-state index contributed by atoms with van der Waals surface area (Å²) in [6.07, 6.45) is 2.92. The molecule has 0 unspecified atom stereocenters. The van der Waals surface area contributed by atoms with Gasteiger partial charge in [-0.25, -0.2) is 0 Å². The molecule has 0 bridgehead atoms. The second kappa shape index (κ2) is 6.22. The van der Waals surface area contributed by atoms with Crippen molar-refractivity contribution in [2.45, 2.75) is 13.0 Å². The van der Waals surface area contributed by atoms with Gasteiger partial charge in [-0.1, -0.05) is 18.2 Å². The van der Waals surface area contributed by atoms with E-state index in [1.807, 2.05) is 24.3 Å². The summed E-state index contributed by atoms with van der Waals surface area (Å²) in [5.74, 6) is 0.910. The van der Waals surface area contributed by atoms with Gasteiger partial charge in [0.15, 0.2) is 0 Å². The molecule has 0 amide bonds. The molecule has 2 nitrogen and oxygen atoms in total. The quantitative estimate of drug-likeness (QED) is 0.550. The van der Waals surface area contributed by atoms with Gasteiger partial charge >= 0.3 is 0 Å². The highest BCUT2D eigenvalue weighted by Gasteiger charge is 1.94. The minimum Gasteiger partial charge on any atom is -0.497 e. The van der Waals surface area contributed by atoms with Crippen LogP contribution in [0.25, 0.3) is 0 Å². The molecule has 0 heterocycles. The molecule has 2 heteroatoms. The molecular formula is C12H17NO. The maximum atomic E-state index is 5.14. The normalized spacial score (nSPS) is 9.79. The summed E-state index contributed by atoms with van der Waals surface area (Å²) >= 11 is 0. The first-order valence-corrected chi connectivity index (χ1v) is 4.81. The van der Waals surface area contributed by atoms with Gasteiger partial charge in [-0.3, -0.25) is 0 Å². The highest BCUT2D eigenvalue weighted by atomic mass is 16.5. The molecule has 0 radical (unpaired) electrons. The Morgan fingerprint density at radius 1 is 1.50 bits per heavy atom. The Hall–Kier alpha value is -1.28. The summed E-state index contributed by atoms with van der Waals surface area (Å²) < 4.78 is 5.14. The first kappa shape index (κ1) is 10.8. The lowest BCUT2D eigenvalue weighted by Crippen LogP contribution is -2.13. The highest BCUT2D eigenvalue weighted by molar-refractivity contribution is 5.28. The number of methoxy groups -OCH3 is 1. The maximum absolute atomic E-state index is 5.14. The fourth-order valence-corrected chi connectivity index (χ4v) is 1.22. The lowest BCUT2D eigenvalue weighted by molar-refractivity contribution is 0.414. The van der Waals surface area contributed by atoms with Gasteiger partial charge in [0.1, 0.15) is 5.75 Å². The largest absolute Gasteiger partial charge is 0.497 e. The number of hydrogen-bond donors (Lipinski definition) is 1.